The van der Waals surface area contributed by atoms with Crippen molar-refractivity contribution in [3.05, 3.63) is 0 Å². The maximum Gasteiger partial charge on any atom is 0.390 e. The van der Waals surface area contributed by atoms with Gasteiger partial charge in [0.1, 0.15) is 0 Å². The Bertz CT molecular complexity index is 173. The number of hydrogen-bond acceptors (Lipinski definition) is 1. The highest BCUT2D eigenvalue weighted by molar-refractivity contribution is 4.81. The zero-order chi connectivity index (χ0) is 13.2. The summed E-state index contributed by atoms with van der Waals surface area (Å²) in [6.07, 6.45) is -12.2. The van der Waals surface area contributed by atoms with Crippen LogP contribution in [0.1, 0.15) is 33.6 Å². The van der Waals surface area contributed by atoms with Crippen molar-refractivity contribution < 1.29 is 26.3 Å². The van der Waals surface area contributed by atoms with E-state index in [1.807, 2.05) is 0 Å². The lowest BCUT2D eigenvalue weighted by atomic mass is 10.0. The summed E-state index contributed by atoms with van der Waals surface area (Å²) in [5.41, 5.74) is -0.791. The molecule has 0 aliphatic carbocycles. The van der Waals surface area contributed by atoms with E-state index >= 15 is 0 Å². The summed E-state index contributed by atoms with van der Waals surface area (Å²) in [4.78, 5) is 0. The van der Waals surface area contributed by atoms with Crippen molar-refractivity contribution in [2.24, 2.45) is 0 Å². The minimum atomic E-state index is -4.60. The van der Waals surface area contributed by atoms with E-state index in [2.05, 4.69) is 5.32 Å². The molecule has 0 atom stereocenters. The molecule has 0 aliphatic rings. The molecular formula is C9H15F6N. The number of alkyl halides is 6. The van der Waals surface area contributed by atoms with Gasteiger partial charge in [-0.1, -0.05) is 0 Å². The maximum absolute atomic E-state index is 12.0. The summed E-state index contributed by atoms with van der Waals surface area (Å²) in [5.74, 6) is 0. The number of nitrogens with one attached hydrogen (secondary N) is 1. The fourth-order valence-corrected chi connectivity index (χ4v) is 1.35. The van der Waals surface area contributed by atoms with Gasteiger partial charge in [-0.25, -0.2) is 0 Å². The molecule has 98 valence electrons. The average Bonchev–Trinajstić information content (AvgIpc) is 1.70. The largest absolute Gasteiger partial charge is 0.390 e. The summed E-state index contributed by atoms with van der Waals surface area (Å²) in [5, 5.41) is 2.33. The van der Waals surface area contributed by atoms with Crippen LogP contribution >= 0.6 is 0 Å². The van der Waals surface area contributed by atoms with Crippen molar-refractivity contribution in [3.63, 3.8) is 0 Å². The SMILES string of the molecule is CC(C)(C)NC(CC(F)(F)F)CC(F)(F)F. The quantitative estimate of drug-likeness (QED) is 0.755. The van der Waals surface area contributed by atoms with Gasteiger partial charge in [-0.3, -0.25) is 0 Å². The Morgan fingerprint density at radius 2 is 1.12 bits per heavy atom. The summed E-state index contributed by atoms with van der Waals surface area (Å²) < 4.78 is 72.3. The van der Waals surface area contributed by atoms with Crippen molar-refractivity contribution in [2.75, 3.05) is 0 Å². The van der Waals surface area contributed by atoms with Crippen molar-refractivity contribution in [1.82, 2.24) is 5.32 Å². The van der Waals surface area contributed by atoms with Crippen LogP contribution in [-0.4, -0.2) is 23.9 Å². The fourth-order valence-electron chi connectivity index (χ4n) is 1.35. The highest BCUT2D eigenvalue weighted by Crippen LogP contribution is 2.29. The van der Waals surface area contributed by atoms with Crippen LogP contribution in [0.15, 0.2) is 0 Å². The molecule has 0 aromatic heterocycles. The van der Waals surface area contributed by atoms with E-state index in [0.29, 0.717) is 0 Å². The first-order valence-electron chi connectivity index (χ1n) is 4.70. The first-order valence-corrected chi connectivity index (χ1v) is 4.70. The molecule has 0 saturated carbocycles. The van der Waals surface area contributed by atoms with Gasteiger partial charge >= 0.3 is 12.4 Å². The van der Waals surface area contributed by atoms with Crippen molar-refractivity contribution in [1.29, 1.82) is 0 Å². The zero-order valence-electron chi connectivity index (χ0n) is 9.26. The Hall–Kier alpha value is -0.460. The van der Waals surface area contributed by atoms with Crippen molar-refractivity contribution in [3.8, 4) is 0 Å². The normalized spacial score (nSPS) is 14.6. The van der Waals surface area contributed by atoms with E-state index < -0.39 is 36.8 Å². The molecule has 0 fully saturated rings. The van der Waals surface area contributed by atoms with E-state index in [9.17, 15) is 26.3 Å². The first kappa shape index (κ1) is 15.5. The van der Waals surface area contributed by atoms with E-state index in [1.54, 1.807) is 0 Å². The average molecular weight is 251 g/mol. The van der Waals surface area contributed by atoms with Crippen molar-refractivity contribution in [2.45, 2.75) is 57.5 Å². The van der Waals surface area contributed by atoms with Gasteiger partial charge in [-0.15, -0.1) is 0 Å². The Kier molecular flexibility index (Phi) is 4.67. The van der Waals surface area contributed by atoms with Crippen LogP contribution in [0.2, 0.25) is 0 Å². The van der Waals surface area contributed by atoms with E-state index in [0.717, 1.165) is 0 Å². The third-order valence-electron chi connectivity index (χ3n) is 1.59. The van der Waals surface area contributed by atoms with Gasteiger partial charge in [-0.05, 0) is 20.8 Å². The Balaban J connectivity index is 4.53. The summed E-state index contributed by atoms with van der Waals surface area (Å²) >= 11 is 0. The van der Waals surface area contributed by atoms with E-state index in [1.165, 1.54) is 20.8 Å². The lowest BCUT2D eigenvalue weighted by Gasteiger charge is -2.29. The van der Waals surface area contributed by atoms with Crippen LogP contribution in [0.3, 0.4) is 0 Å². The van der Waals surface area contributed by atoms with Crippen LogP contribution in [0.4, 0.5) is 26.3 Å². The van der Waals surface area contributed by atoms with Gasteiger partial charge in [0.05, 0.1) is 12.8 Å². The predicted octanol–water partition coefficient (Wildman–Crippen LogP) is 3.65. The van der Waals surface area contributed by atoms with Gasteiger partial charge in [-0.2, -0.15) is 26.3 Å². The molecule has 1 N–H and O–H groups in total. The van der Waals surface area contributed by atoms with Gasteiger partial charge in [0.2, 0.25) is 0 Å². The maximum atomic E-state index is 12.0. The molecular weight excluding hydrogens is 236 g/mol. The Morgan fingerprint density at radius 1 is 0.812 bits per heavy atom. The van der Waals surface area contributed by atoms with Crippen LogP contribution < -0.4 is 5.32 Å². The molecule has 7 heteroatoms. The molecule has 0 bridgehead atoms. The van der Waals surface area contributed by atoms with Crippen molar-refractivity contribution >= 4 is 0 Å². The minimum Gasteiger partial charge on any atom is -0.309 e. The van der Waals surface area contributed by atoms with Crippen LogP contribution in [-0.2, 0) is 0 Å². The zero-order valence-corrected chi connectivity index (χ0v) is 9.26. The van der Waals surface area contributed by atoms with E-state index in [-0.39, 0.29) is 0 Å². The third kappa shape index (κ3) is 10.1. The molecule has 0 aromatic carbocycles. The predicted molar refractivity (Wildman–Crippen MR) is 48.0 cm³/mol. The highest BCUT2D eigenvalue weighted by Gasteiger charge is 2.39. The Morgan fingerprint density at radius 3 is 1.31 bits per heavy atom. The number of rotatable bonds is 3. The molecule has 0 aliphatic heterocycles. The second-order valence-electron chi connectivity index (χ2n) is 4.73. The lowest BCUT2D eigenvalue weighted by Crippen LogP contribution is -2.47. The van der Waals surface area contributed by atoms with E-state index in [4.69, 9.17) is 0 Å². The van der Waals surface area contributed by atoms with Gasteiger partial charge in [0.15, 0.2) is 0 Å². The van der Waals surface area contributed by atoms with Gasteiger partial charge < -0.3 is 5.32 Å². The fraction of sp³-hybridized carbons (Fsp3) is 1.00. The molecule has 0 heterocycles. The second-order valence-corrected chi connectivity index (χ2v) is 4.73. The van der Waals surface area contributed by atoms with Gasteiger partial charge in [0, 0.05) is 11.6 Å². The minimum absolute atomic E-state index is 0.791. The standard InChI is InChI=1S/C9H15F6N/c1-7(2,3)16-6(4-8(10,11)12)5-9(13,14)15/h6,16H,4-5H2,1-3H3. The molecule has 0 saturated heterocycles. The Labute approximate surface area is 90.2 Å². The third-order valence-corrected chi connectivity index (χ3v) is 1.59. The molecule has 0 unspecified atom stereocenters. The monoisotopic (exact) mass is 251 g/mol. The van der Waals surface area contributed by atoms with Crippen LogP contribution in [0.5, 0.6) is 0 Å². The molecule has 0 spiro atoms. The molecule has 1 nitrogen and oxygen atoms in total. The lowest BCUT2D eigenvalue weighted by molar-refractivity contribution is -0.166. The second kappa shape index (κ2) is 4.81. The molecule has 0 radical (unpaired) electrons. The van der Waals surface area contributed by atoms with Crippen LogP contribution in [0.25, 0.3) is 0 Å². The summed E-state index contributed by atoms with van der Waals surface area (Å²) in [6, 6.07) is -1.64. The first-order chi connectivity index (χ1) is 6.79. The summed E-state index contributed by atoms with van der Waals surface area (Å²) in [7, 11) is 0. The number of halogens is 6. The van der Waals surface area contributed by atoms with Crippen LogP contribution in [0, 0.1) is 0 Å². The molecule has 0 rings (SSSR count). The molecule has 16 heavy (non-hydrogen) atoms. The number of hydrogen-bond donors (Lipinski definition) is 1. The van der Waals surface area contributed by atoms with Gasteiger partial charge in [0.25, 0.3) is 0 Å². The molecule has 0 aromatic rings. The highest BCUT2D eigenvalue weighted by atomic mass is 19.4. The topological polar surface area (TPSA) is 12.0 Å². The summed E-state index contributed by atoms with van der Waals surface area (Å²) in [6.45, 7) is 4.56. The smallest absolute Gasteiger partial charge is 0.309 e. The molecule has 0 amide bonds.